The first-order chi connectivity index (χ1) is 14.5. The fourth-order valence-corrected chi connectivity index (χ4v) is 4.22. The molecule has 1 aliphatic rings. The van der Waals surface area contributed by atoms with Gasteiger partial charge in [0.05, 0.1) is 22.7 Å². The second-order valence-electron chi connectivity index (χ2n) is 8.88. The standard InChI is InChI=1S/C22H29Cl2N3O4/c1-6-30-20(28)15-11-17(27-18(15)12-16(23)19(24)25-27)13(2)14-7-9-26(10-8-14)21(29)31-22(3,4)5/h11-14H,6-10H2,1-5H3. The number of fused-ring (bicyclic) bond motifs is 1. The van der Waals surface area contributed by atoms with Crippen LogP contribution >= 0.6 is 23.2 Å². The number of halogens is 2. The summed E-state index contributed by atoms with van der Waals surface area (Å²) in [5.41, 5.74) is 1.34. The molecule has 3 rings (SSSR count). The van der Waals surface area contributed by atoms with Crippen molar-refractivity contribution in [3.05, 3.63) is 33.6 Å². The van der Waals surface area contributed by atoms with E-state index < -0.39 is 11.6 Å². The lowest BCUT2D eigenvalue weighted by atomic mass is 9.83. The maximum atomic E-state index is 12.5. The Bertz CT molecular complexity index is 975. The molecule has 31 heavy (non-hydrogen) atoms. The molecule has 7 nitrogen and oxygen atoms in total. The highest BCUT2D eigenvalue weighted by molar-refractivity contribution is 6.41. The van der Waals surface area contributed by atoms with Gasteiger partial charge in [-0.15, -0.1) is 0 Å². The Balaban J connectivity index is 1.83. The number of rotatable bonds is 4. The SMILES string of the molecule is CCOC(=O)c1cc(C(C)C2CCN(C(=O)OC(C)(C)C)CC2)n2nc(Cl)c(Cl)cc12. The monoisotopic (exact) mass is 469 g/mol. The predicted molar refractivity (Wildman–Crippen MR) is 120 cm³/mol. The highest BCUT2D eigenvalue weighted by atomic mass is 35.5. The first-order valence-electron chi connectivity index (χ1n) is 10.5. The second-order valence-corrected chi connectivity index (χ2v) is 9.64. The Morgan fingerprint density at radius 2 is 1.87 bits per heavy atom. The molecule has 1 saturated heterocycles. The molecule has 1 aliphatic heterocycles. The van der Waals surface area contributed by atoms with Crippen molar-refractivity contribution in [3.8, 4) is 0 Å². The minimum atomic E-state index is -0.512. The van der Waals surface area contributed by atoms with Gasteiger partial charge in [-0.1, -0.05) is 30.1 Å². The topological polar surface area (TPSA) is 73.1 Å². The van der Waals surface area contributed by atoms with Gasteiger partial charge in [-0.2, -0.15) is 5.10 Å². The van der Waals surface area contributed by atoms with Crippen LogP contribution in [0.25, 0.3) is 5.52 Å². The van der Waals surface area contributed by atoms with Gasteiger partial charge in [-0.3, -0.25) is 0 Å². The van der Waals surface area contributed by atoms with E-state index in [1.807, 2.05) is 26.8 Å². The maximum absolute atomic E-state index is 12.5. The lowest BCUT2D eigenvalue weighted by Gasteiger charge is -2.35. The normalized spacial score (nSPS) is 16.4. The Labute approximate surface area is 192 Å². The summed E-state index contributed by atoms with van der Waals surface area (Å²) in [5.74, 6) is -0.0253. The summed E-state index contributed by atoms with van der Waals surface area (Å²) in [5, 5.41) is 4.85. The minimum Gasteiger partial charge on any atom is -0.462 e. The first kappa shape index (κ1) is 23.7. The van der Waals surface area contributed by atoms with Crippen molar-refractivity contribution in [2.45, 2.75) is 59.0 Å². The molecule has 0 saturated carbocycles. The Hall–Kier alpha value is -1.99. The quantitative estimate of drug-likeness (QED) is 0.547. The largest absolute Gasteiger partial charge is 0.462 e. The number of hydrogen-bond acceptors (Lipinski definition) is 5. The van der Waals surface area contributed by atoms with E-state index in [-0.39, 0.29) is 28.8 Å². The van der Waals surface area contributed by atoms with E-state index in [0.717, 1.165) is 18.5 Å². The summed E-state index contributed by atoms with van der Waals surface area (Å²) in [6.45, 7) is 11.0. The number of carbonyl (C=O) groups excluding carboxylic acids is 2. The third kappa shape index (κ3) is 5.26. The number of esters is 1. The third-order valence-corrected chi connectivity index (χ3v) is 6.21. The van der Waals surface area contributed by atoms with Gasteiger partial charge in [-0.05, 0) is 58.6 Å². The molecule has 3 heterocycles. The first-order valence-corrected chi connectivity index (χ1v) is 11.3. The maximum Gasteiger partial charge on any atom is 0.410 e. The zero-order valence-corrected chi connectivity index (χ0v) is 20.1. The average molecular weight is 470 g/mol. The van der Waals surface area contributed by atoms with Crippen molar-refractivity contribution in [3.63, 3.8) is 0 Å². The van der Waals surface area contributed by atoms with Crippen LogP contribution in [0.3, 0.4) is 0 Å². The lowest BCUT2D eigenvalue weighted by Crippen LogP contribution is -2.42. The van der Waals surface area contributed by atoms with Gasteiger partial charge in [0, 0.05) is 24.7 Å². The van der Waals surface area contributed by atoms with E-state index in [2.05, 4.69) is 12.0 Å². The molecule has 0 bridgehead atoms. The van der Waals surface area contributed by atoms with E-state index in [1.54, 1.807) is 22.4 Å². The van der Waals surface area contributed by atoms with Gasteiger partial charge in [0.15, 0.2) is 5.15 Å². The fraction of sp³-hybridized carbons (Fsp3) is 0.591. The summed E-state index contributed by atoms with van der Waals surface area (Å²) in [4.78, 5) is 26.6. The fourth-order valence-electron chi connectivity index (χ4n) is 3.95. The lowest BCUT2D eigenvalue weighted by molar-refractivity contribution is 0.0175. The van der Waals surface area contributed by atoms with Gasteiger partial charge >= 0.3 is 12.1 Å². The van der Waals surface area contributed by atoms with E-state index in [9.17, 15) is 9.59 Å². The van der Waals surface area contributed by atoms with E-state index in [4.69, 9.17) is 32.7 Å². The van der Waals surface area contributed by atoms with Crippen LogP contribution in [0, 0.1) is 5.92 Å². The molecular formula is C22H29Cl2N3O4. The van der Waals surface area contributed by atoms with Crippen molar-refractivity contribution in [2.75, 3.05) is 19.7 Å². The predicted octanol–water partition coefficient (Wildman–Crippen LogP) is 5.57. The van der Waals surface area contributed by atoms with Crippen molar-refractivity contribution in [1.82, 2.24) is 14.5 Å². The van der Waals surface area contributed by atoms with Gasteiger partial charge in [0.25, 0.3) is 0 Å². The van der Waals surface area contributed by atoms with Crippen molar-refractivity contribution in [1.29, 1.82) is 0 Å². The molecule has 1 amide bonds. The van der Waals surface area contributed by atoms with Crippen LogP contribution in [-0.2, 0) is 9.47 Å². The van der Waals surface area contributed by atoms with Crippen LogP contribution in [0.15, 0.2) is 12.1 Å². The van der Waals surface area contributed by atoms with Crippen LogP contribution in [0.5, 0.6) is 0 Å². The number of aromatic nitrogens is 2. The molecule has 9 heteroatoms. The number of ether oxygens (including phenoxy) is 2. The van der Waals surface area contributed by atoms with Crippen molar-refractivity contribution in [2.24, 2.45) is 5.92 Å². The van der Waals surface area contributed by atoms with Crippen LogP contribution in [0.1, 0.15) is 69.4 Å². The Kier molecular flexibility index (Phi) is 7.06. The third-order valence-electron chi connectivity index (χ3n) is 5.55. The van der Waals surface area contributed by atoms with E-state index in [1.165, 1.54) is 0 Å². The summed E-state index contributed by atoms with van der Waals surface area (Å²) < 4.78 is 12.4. The molecule has 0 aliphatic carbocycles. The number of piperidine rings is 1. The summed E-state index contributed by atoms with van der Waals surface area (Å²) in [6, 6.07) is 3.46. The zero-order valence-electron chi connectivity index (χ0n) is 18.6. The molecule has 1 fully saturated rings. The Morgan fingerprint density at radius 3 is 2.45 bits per heavy atom. The number of carbonyl (C=O) groups is 2. The number of nitrogens with zero attached hydrogens (tertiary/aromatic N) is 3. The molecule has 2 aromatic heterocycles. The van der Waals surface area contributed by atoms with Crippen LogP contribution in [0.4, 0.5) is 4.79 Å². The molecular weight excluding hydrogens is 441 g/mol. The van der Waals surface area contributed by atoms with E-state index >= 15 is 0 Å². The average Bonchev–Trinajstić information content (AvgIpc) is 3.05. The zero-order chi connectivity index (χ0) is 22.9. The highest BCUT2D eigenvalue weighted by Crippen LogP contribution is 2.36. The number of likely N-dealkylation sites (tertiary alicyclic amines) is 1. The molecule has 0 N–H and O–H groups in total. The molecule has 2 aromatic rings. The molecule has 0 spiro atoms. The smallest absolute Gasteiger partial charge is 0.410 e. The summed E-state index contributed by atoms with van der Waals surface area (Å²) >= 11 is 12.3. The molecule has 1 atom stereocenters. The number of hydrogen-bond donors (Lipinski definition) is 0. The highest BCUT2D eigenvalue weighted by Gasteiger charge is 2.32. The van der Waals surface area contributed by atoms with Crippen LogP contribution in [0.2, 0.25) is 10.2 Å². The van der Waals surface area contributed by atoms with Gasteiger partial charge in [0.1, 0.15) is 5.60 Å². The van der Waals surface area contributed by atoms with Gasteiger partial charge < -0.3 is 14.4 Å². The summed E-state index contributed by atoms with van der Waals surface area (Å²) in [6.07, 6.45) is 1.37. The minimum absolute atomic E-state index is 0.0844. The summed E-state index contributed by atoms with van der Waals surface area (Å²) in [7, 11) is 0. The number of amides is 1. The van der Waals surface area contributed by atoms with Crippen molar-refractivity contribution >= 4 is 40.8 Å². The van der Waals surface area contributed by atoms with E-state index in [0.29, 0.717) is 30.1 Å². The molecule has 0 aromatic carbocycles. The van der Waals surface area contributed by atoms with Gasteiger partial charge in [-0.25, -0.2) is 14.1 Å². The molecule has 0 radical (unpaired) electrons. The van der Waals surface area contributed by atoms with Crippen LogP contribution in [-0.4, -0.2) is 51.9 Å². The second kappa shape index (κ2) is 9.25. The molecule has 1 unspecified atom stereocenters. The van der Waals surface area contributed by atoms with Crippen molar-refractivity contribution < 1.29 is 19.1 Å². The van der Waals surface area contributed by atoms with Crippen LogP contribution < -0.4 is 0 Å². The Morgan fingerprint density at radius 1 is 1.23 bits per heavy atom. The molecule has 170 valence electrons. The van der Waals surface area contributed by atoms with Gasteiger partial charge in [0.2, 0.25) is 0 Å².